The van der Waals surface area contributed by atoms with E-state index >= 15 is 0 Å². The van der Waals surface area contributed by atoms with Crippen molar-refractivity contribution in [2.75, 3.05) is 13.1 Å². The molecule has 0 aromatic rings. The second kappa shape index (κ2) is 8.50. The van der Waals surface area contributed by atoms with Gasteiger partial charge < -0.3 is 15.7 Å². The summed E-state index contributed by atoms with van der Waals surface area (Å²) in [7, 11) is 0. The van der Waals surface area contributed by atoms with Crippen LogP contribution in [-0.2, 0) is 0 Å². The predicted octanol–water partition coefficient (Wildman–Crippen LogP) is 2.67. The van der Waals surface area contributed by atoms with Crippen molar-refractivity contribution in [2.45, 2.75) is 77.9 Å². The highest BCUT2D eigenvalue weighted by Crippen LogP contribution is 2.29. The van der Waals surface area contributed by atoms with Crippen LogP contribution in [-0.4, -0.2) is 35.8 Å². The minimum absolute atomic E-state index is 0.411. The molecule has 0 aliphatic heterocycles. The molecule has 1 unspecified atom stereocenters. The Morgan fingerprint density at radius 2 is 1.85 bits per heavy atom. The zero-order valence-electron chi connectivity index (χ0n) is 13.7. The van der Waals surface area contributed by atoms with E-state index in [1.54, 1.807) is 0 Å². The first-order valence-electron chi connectivity index (χ1n) is 8.22. The summed E-state index contributed by atoms with van der Waals surface area (Å²) in [5, 5.41) is 17.1. The Morgan fingerprint density at radius 1 is 1.20 bits per heavy atom. The van der Waals surface area contributed by atoms with Crippen LogP contribution in [0.4, 0.5) is 0 Å². The number of hydrogen-bond acceptors (Lipinski definition) is 2. The molecule has 0 bridgehead atoms. The molecule has 3 N–H and O–H groups in total. The minimum atomic E-state index is -0.566. The van der Waals surface area contributed by atoms with Crippen molar-refractivity contribution in [2.24, 2.45) is 10.9 Å². The predicted molar refractivity (Wildman–Crippen MR) is 86.1 cm³/mol. The van der Waals surface area contributed by atoms with E-state index in [1.807, 2.05) is 0 Å². The third kappa shape index (κ3) is 6.60. The molecule has 118 valence electrons. The van der Waals surface area contributed by atoms with Gasteiger partial charge in [0.25, 0.3) is 0 Å². The highest BCUT2D eigenvalue weighted by molar-refractivity contribution is 5.80. The lowest BCUT2D eigenvalue weighted by Crippen LogP contribution is -2.43. The van der Waals surface area contributed by atoms with E-state index in [0.717, 1.165) is 50.5 Å². The molecule has 1 rings (SSSR count). The summed E-state index contributed by atoms with van der Waals surface area (Å²) in [4.78, 5) is 4.58. The lowest BCUT2D eigenvalue weighted by atomic mass is 10.0. The van der Waals surface area contributed by atoms with Crippen LogP contribution in [0.5, 0.6) is 0 Å². The first kappa shape index (κ1) is 17.3. The molecule has 1 aliphatic carbocycles. The summed E-state index contributed by atoms with van der Waals surface area (Å²) in [6, 6.07) is 0.411. The monoisotopic (exact) mass is 283 g/mol. The largest absolute Gasteiger partial charge is 0.388 e. The molecule has 1 saturated carbocycles. The molecule has 0 radical (unpaired) electrons. The molecule has 0 saturated heterocycles. The van der Waals surface area contributed by atoms with Crippen LogP contribution in [0.1, 0.15) is 66.2 Å². The molecular weight excluding hydrogens is 250 g/mol. The molecule has 1 fully saturated rings. The van der Waals surface area contributed by atoms with Crippen molar-refractivity contribution in [3.05, 3.63) is 0 Å². The second-order valence-electron chi connectivity index (χ2n) is 6.64. The van der Waals surface area contributed by atoms with Gasteiger partial charge in [-0.15, -0.1) is 0 Å². The zero-order chi connectivity index (χ0) is 15.0. The van der Waals surface area contributed by atoms with Gasteiger partial charge >= 0.3 is 0 Å². The summed E-state index contributed by atoms with van der Waals surface area (Å²) in [6.45, 7) is 10.1. The van der Waals surface area contributed by atoms with Crippen molar-refractivity contribution in [3.8, 4) is 0 Å². The summed E-state index contributed by atoms with van der Waals surface area (Å²) in [5.74, 6) is 1.57. The fourth-order valence-electron chi connectivity index (χ4n) is 2.63. The fourth-order valence-corrected chi connectivity index (χ4v) is 2.63. The average Bonchev–Trinajstić information content (AvgIpc) is 2.81. The fraction of sp³-hybridized carbons (Fsp3) is 0.938. The molecule has 0 aromatic heterocycles. The van der Waals surface area contributed by atoms with Crippen LogP contribution in [0, 0.1) is 5.92 Å². The summed E-state index contributed by atoms with van der Waals surface area (Å²) >= 11 is 0. The van der Waals surface area contributed by atoms with Crippen LogP contribution in [0.15, 0.2) is 4.99 Å². The van der Waals surface area contributed by atoms with Gasteiger partial charge in [-0.1, -0.05) is 26.7 Å². The van der Waals surface area contributed by atoms with Crippen LogP contribution in [0.2, 0.25) is 0 Å². The number of guanidine groups is 1. The van der Waals surface area contributed by atoms with Crippen molar-refractivity contribution in [1.29, 1.82) is 0 Å². The highest BCUT2D eigenvalue weighted by Gasteiger charge is 2.30. The van der Waals surface area contributed by atoms with Gasteiger partial charge in [-0.25, -0.2) is 0 Å². The van der Waals surface area contributed by atoms with Crippen molar-refractivity contribution in [1.82, 2.24) is 10.6 Å². The van der Waals surface area contributed by atoms with Gasteiger partial charge in [0.15, 0.2) is 5.96 Å². The van der Waals surface area contributed by atoms with E-state index in [0.29, 0.717) is 12.6 Å². The van der Waals surface area contributed by atoms with Crippen LogP contribution in [0.25, 0.3) is 0 Å². The Bertz CT molecular complexity index is 296. The normalized spacial score (nSPS) is 20.2. The third-order valence-corrected chi connectivity index (χ3v) is 3.97. The number of aliphatic hydroxyl groups is 1. The van der Waals surface area contributed by atoms with Crippen LogP contribution < -0.4 is 10.6 Å². The molecule has 0 amide bonds. The standard InChI is InChI=1S/C16H33N3O/c1-5-17-15(19-14(4)9-8-13(2)3)18-12-16(20)10-6-7-11-16/h13-14,20H,5-12H2,1-4H3,(H2,17,18,19). The SMILES string of the molecule is CCNC(=NCC1(O)CCCC1)NC(C)CCC(C)C. The molecular formula is C16H33N3O. The topological polar surface area (TPSA) is 56.7 Å². The maximum absolute atomic E-state index is 10.4. The zero-order valence-corrected chi connectivity index (χ0v) is 13.7. The van der Waals surface area contributed by atoms with Crippen LogP contribution in [0.3, 0.4) is 0 Å². The summed E-state index contributed by atoms with van der Waals surface area (Å²) in [5.41, 5.74) is -0.566. The molecule has 20 heavy (non-hydrogen) atoms. The molecule has 1 aliphatic rings. The number of aliphatic imine (C=N–C) groups is 1. The van der Waals surface area contributed by atoms with Gasteiger partial charge in [0.05, 0.1) is 12.1 Å². The van der Waals surface area contributed by atoms with Crippen molar-refractivity contribution < 1.29 is 5.11 Å². The van der Waals surface area contributed by atoms with E-state index in [4.69, 9.17) is 0 Å². The first-order valence-corrected chi connectivity index (χ1v) is 8.22. The first-order chi connectivity index (χ1) is 9.45. The lowest BCUT2D eigenvalue weighted by Gasteiger charge is -2.22. The molecule has 0 aromatic carbocycles. The van der Waals surface area contributed by atoms with Gasteiger partial charge in [-0.05, 0) is 45.4 Å². The Morgan fingerprint density at radius 3 is 2.40 bits per heavy atom. The Labute approximate surface area is 124 Å². The van der Waals surface area contributed by atoms with E-state index in [1.165, 1.54) is 6.42 Å². The van der Waals surface area contributed by atoms with Crippen molar-refractivity contribution in [3.63, 3.8) is 0 Å². The van der Waals surface area contributed by atoms with Gasteiger partial charge in [0.2, 0.25) is 0 Å². The molecule has 4 heteroatoms. The maximum atomic E-state index is 10.4. The molecule has 4 nitrogen and oxygen atoms in total. The molecule has 0 heterocycles. The second-order valence-corrected chi connectivity index (χ2v) is 6.64. The van der Waals surface area contributed by atoms with E-state index in [2.05, 4.69) is 43.3 Å². The van der Waals surface area contributed by atoms with Gasteiger partial charge in [0.1, 0.15) is 0 Å². The average molecular weight is 283 g/mol. The molecule has 1 atom stereocenters. The molecule has 0 spiro atoms. The van der Waals surface area contributed by atoms with E-state index in [-0.39, 0.29) is 0 Å². The van der Waals surface area contributed by atoms with E-state index < -0.39 is 5.60 Å². The minimum Gasteiger partial charge on any atom is -0.388 e. The number of nitrogens with one attached hydrogen (secondary N) is 2. The Balaban J connectivity index is 2.45. The quantitative estimate of drug-likeness (QED) is 0.497. The highest BCUT2D eigenvalue weighted by atomic mass is 16.3. The van der Waals surface area contributed by atoms with Gasteiger partial charge in [-0.3, -0.25) is 4.99 Å². The summed E-state index contributed by atoms with van der Waals surface area (Å²) in [6.07, 6.45) is 6.39. The Kier molecular flexibility index (Phi) is 7.35. The maximum Gasteiger partial charge on any atom is 0.191 e. The van der Waals surface area contributed by atoms with Gasteiger partial charge in [-0.2, -0.15) is 0 Å². The number of rotatable bonds is 7. The van der Waals surface area contributed by atoms with E-state index in [9.17, 15) is 5.11 Å². The smallest absolute Gasteiger partial charge is 0.191 e. The Hall–Kier alpha value is -0.770. The van der Waals surface area contributed by atoms with Gasteiger partial charge in [0, 0.05) is 12.6 Å². The lowest BCUT2D eigenvalue weighted by molar-refractivity contribution is 0.0574. The number of hydrogen-bond donors (Lipinski definition) is 3. The van der Waals surface area contributed by atoms with Crippen molar-refractivity contribution >= 4 is 5.96 Å². The third-order valence-electron chi connectivity index (χ3n) is 3.97. The van der Waals surface area contributed by atoms with Crippen LogP contribution >= 0.6 is 0 Å². The number of nitrogens with zero attached hydrogens (tertiary/aromatic N) is 1. The summed E-state index contributed by atoms with van der Waals surface area (Å²) < 4.78 is 0.